The molecule has 1 atom stereocenters. The van der Waals surface area contributed by atoms with Gasteiger partial charge in [-0.15, -0.1) is 0 Å². The van der Waals surface area contributed by atoms with E-state index in [2.05, 4.69) is 53.2 Å². The first kappa shape index (κ1) is 25.9. The van der Waals surface area contributed by atoms with E-state index in [1.165, 1.54) is 5.56 Å². The number of halogens is 1. The van der Waals surface area contributed by atoms with Gasteiger partial charge in [0.1, 0.15) is 0 Å². The van der Waals surface area contributed by atoms with Crippen molar-refractivity contribution in [2.75, 3.05) is 32.8 Å². The summed E-state index contributed by atoms with van der Waals surface area (Å²) in [5, 5.41) is 1.78. The molecule has 0 aliphatic carbocycles. The predicted molar refractivity (Wildman–Crippen MR) is 151 cm³/mol. The monoisotopic (exact) mass is 529 g/mol. The zero-order chi connectivity index (χ0) is 26.5. The highest BCUT2D eigenvalue weighted by atomic mass is 35.5. The Hall–Kier alpha value is -3.77. The maximum Gasteiger partial charge on any atom is 0.409 e. The van der Waals surface area contributed by atoms with Gasteiger partial charge >= 0.3 is 6.09 Å². The number of nitrogens with zero attached hydrogens (tertiary/aromatic N) is 3. The largest absolute Gasteiger partial charge is 0.450 e. The van der Waals surface area contributed by atoms with Crippen LogP contribution < -0.4 is 0 Å². The summed E-state index contributed by atoms with van der Waals surface area (Å²) in [6, 6.07) is 26.6. The van der Waals surface area contributed by atoms with Gasteiger partial charge in [-0.1, -0.05) is 72.3 Å². The number of aromatic nitrogens is 1. The smallest absolute Gasteiger partial charge is 0.409 e. The van der Waals surface area contributed by atoms with E-state index in [9.17, 15) is 9.59 Å². The molecule has 0 radical (unpaired) electrons. The summed E-state index contributed by atoms with van der Waals surface area (Å²) >= 11 is 6.41. The van der Waals surface area contributed by atoms with Crippen molar-refractivity contribution in [1.82, 2.24) is 14.4 Å². The number of para-hydroxylation sites is 1. The van der Waals surface area contributed by atoms with Gasteiger partial charge in [-0.25, -0.2) is 4.79 Å². The van der Waals surface area contributed by atoms with E-state index in [0.717, 1.165) is 28.6 Å². The number of carbonyl (C=O) groups is 2. The van der Waals surface area contributed by atoms with Crippen LogP contribution in [0.15, 0.2) is 85.1 Å². The van der Waals surface area contributed by atoms with Crippen LogP contribution in [0.3, 0.4) is 0 Å². The lowest BCUT2D eigenvalue weighted by Crippen LogP contribution is -2.50. The minimum absolute atomic E-state index is 0.0679. The summed E-state index contributed by atoms with van der Waals surface area (Å²) in [5.74, 6) is -0.0930. The van der Waals surface area contributed by atoms with E-state index in [-0.39, 0.29) is 17.9 Å². The fourth-order valence-electron chi connectivity index (χ4n) is 5.25. The number of hydrogen-bond donors (Lipinski definition) is 0. The van der Waals surface area contributed by atoms with Gasteiger partial charge in [0.25, 0.3) is 0 Å². The SMILES string of the molecule is CCOC(=O)N1CCN(C(=O)CC(c2cccc(Cl)c2)c2cn(Cc3ccccc3)c3ccccc23)CC1. The Bertz CT molecular complexity index is 1410. The molecule has 1 unspecified atom stereocenters. The number of hydrogen-bond acceptors (Lipinski definition) is 3. The molecule has 2 amide bonds. The number of rotatable bonds is 7. The molecule has 1 saturated heterocycles. The third-order valence-electron chi connectivity index (χ3n) is 7.18. The molecule has 1 fully saturated rings. The van der Waals surface area contributed by atoms with E-state index >= 15 is 0 Å². The molecule has 1 aliphatic heterocycles. The van der Waals surface area contributed by atoms with Crippen LogP contribution in [0.25, 0.3) is 10.9 Å². The van der Waals surface area contributed by atoms with E-state index in [0.29, 0.717) is 44.2 Å². The second kappa shape index (κ2) is 11.7. The topological polar surface area (TPSA) is 54.8 Å². The molecule has 0 N–H and O–H groups in total. The Labute approximate surface area is 228 Å². The zero-order valence-electron chi connectivity index (χ0n) is 21.6. The Kier molecular flexibility index (Phi) is 7.99. The van der Waals surface area contributed by atoms with E-state index in [1.54, 1.807) is 11.8 Å². The van der Waals surface area contributed by atoms with Crippen LogP contribution in [0.4, 0.5) is 4.79 Å². The van der Waals surface area contributed by atoms with Gasteiger partial charge in [-0.2, -0.15) is 0 Å². The minimum atomic E-state index is -0.317. The van der Waals surface area contributed by atoms with Gasteiger partial charge in [0.05, 0.1) is 6.61 Å². The van der Waals surface area contributed by atoms with Gasteiger partial charge in [0.2, 0.25) is 5.91 Å². The van der Waals surface area contributed by atoms with Gasteiger partial charge in [-0.3, -0.25) is 4.79 Å². The van der Waals surface area contributed by atoms with E-state index in [1.807, 2.05) is 41.3 Å². The summed E-state index contributed by atoms with van der Waals surface area (Å²) in [7, 11) is 0. The molecule has 0 saturated carbocycles. The molecule has 2 heterocycles. The molecule has 5 rings (SSSR count). The number of carbonyl (C=O) groups excluding carboxylic acids is 2. The first-order valence-corrected chi connectivity index (χ1v) is 13.5. The molecule has 38 heavy (non-hydrogen) atoms. The lowest BCUT2D eigenvalue weighted by Gasteiger charge is -2.34. The molecule has 0 bridgehead atoms. The van der Waals surface area contributed by atoms with Crippen molar-refractivity contribution in [3.05, 3.63) is 107 Å². The summed E-state index contributed by atoms with van der Waals surface area (Å²) in [5.41, 5.74) is 4.47. The Morgan fingerprint density at radius 3 is 2.34 bits per heavy atom. The quantitative estimate of drug-likeness (QED) is 0.288. The summed E-state index contributed by atoms with van der Waals surface area (Å²) in [6.45, 7) is 4.83. The standard InChI is InChI=1S/C31H32ClN3O3/c1-2-38-31(37)34-17-15-33(16-18-34)30(36)20-27(24-11-8-12-25(32)19-24)28-22-35(21-23-9-4-3-5-10-23)29-14-7-6-13-26(28)29/h3-14,19,22,27H,2,15-18,20-21H2,1H3. The summed E-state index contributed by atoms with van der Waals surface area (Å²) in [4.78, 5) is 29.2. The molecule has 0 spiro atoms. The van der Waals surface area contributed by atoms with Crippen LogP contribution in [0, 0.1) is 0 Å². The van der Waals surface area contributed by atoms with Gasteiger partial charge < -0.3 is 19.1 Å². The Balaban J connectivity index is 1.45. The lowest BCUT2D eigenvalue weighted by atomic mass is 9.87. The fraction of sp³-hybridized carbons (Fsp3) is 0.290. The fourth-order valence-corrected chi connectivity index (χ4v) is 5.45. The van der Waals surface area contributed by atoms with Crippen LogP contribution in [0.5, 0.6) is 0 Å². The van der Waals surface area contributed by atoms with Crippen molar-refractivity contribution < 1.29 is 14.3 Å². The maximum absolute atomic E-state index is 13.6. The Morgan fingerprint density at radius 2 is 1.61 bits per heavy atom. The van der Waals surface area contributed by atoms with Crippen LogP contribution >= 0.6 is 11.6 Å². The molecule has 4 aromatic rings. The van der Waals surface area contributed by atoms with Crippen molar-refractivity contribution >= 4 is 34.5 Å². The number of amides is 2. The number of benzene rings is 3. The number of fused-ring (bicyclic) bond motifs is 1. The molecule has 7 heteroatoms. The first-order chi connectivity index (χ1) is 18.5. The van der Waals surface area contributed by atoms with Crippen LogP contribution in [0.2, 0.25) is 5.02 Å². The third kappa shape index (κ3) is 5.70. The highest BCUT2D eigenvalue weighted by molar-refractivity contribution is 6.30. The summed E-state index contributed by atoms with van der Waals surface area (Å²) in [6.07, 6.45) is 2.19. The number of ether oxygens (including phenoxy) is 1. The molecule has 196 valence electrons. The number of piperazine rings is 1. The Morgan fingerprint density at radius 1 is 0.895 bits per heavy atom. The highest BCUT2D eigenvalue weighted by Crippen LogP contribution is 2.36. The highest BCUT2D eigenvalue weighted by Gasteiger charge is 2.29. The third-order valence-corrected chi connectivity index (χ3v) is 7.41. The summed E-state index contributed by atoms with van der Waals surface area (Å²) < 4.78 is 7.39. The van der Waals surface area contributed by atoms with E-state index in [4.69, 9.17) is 16.3 Å². The van der Waals surface area contributed by atoms with Gasteiger partial charge in [0.15, 0.2) is 0 Å². The van der Waals surface area contributed by atoms with Crippen LogP contribution in [0.1, 0.15) is 36.0 Å². The lowest BCUT2D eigenvalue weighted by molar-refractivity contribution is -0.133. The van der Waals surface area contributed by atoms with Crippen molar-refractivity contribution in [2.45, 2.75) is 25.8 Å². The molecular formula is C31H32ClN3O3. The zero-order valence-corrected chi connectivity index (χ0v) is 22.3. The van der Waals surface area contributed by atoms with Gasteiger partial charge in [-0.05, 0) is 41.8 Å². The average Bonchev–Trinajstić information content (AvgIpc) is 3.30. The maximum atomic E-state index is 13.6. The normalized spacial score (nSPS) is 14.5. The second-order valence-corrected chi connectivity index (χ2v) is 10.0. The van der Waals surface area contributed by atoms with Crippen LogP contribution in [-0.2, 0) is 16.1 Å². The second-order valence-electron chi connectivity index (χ2n) is 9.59. The average molecular weight is 530 g/mol. The molecule has 1 aromatic heterocycles. The molecule has 6 nitrogen and oxygen atoms in total. The van der Waals surface area contributed by atoms with Crippen molar-refractivity contribution in [3.8, 4) is 0 Å². The van der Waals surface area contributed by atoms with Crippen molar-refractivity contribution in [3.63, 3.8) is 0 Å². The molecule has 1 aliphatic rings. The predicted octanol–water partition coefficient (Wildman–Crippen LogP) is 6.17. The van der Waals surface area contributed by atoms with Crippen molar-refractivity contribution in [1.29, 1.82) is 0 Å². The van der Waals surface area contributed by atoms with Gasteiger partial charge in [0, 0.05) is 67.2 Å². The minimum Gasteiger partial charge on any atom is -0.450 e. The first-order valence-electron chi connectivity index (χ1n) is 13.1. The van der Waals surface area contributed by atoms with Crippen molar-refractivity contribution in [2.24, 2.45) is 0 Å². The molecule has 3 aromatic carbocycles. The van der Waals surface area contributed by atoms with E-state index < -0.39 is 0 Å². The van der Waals surface area contributed by atoms with Crippen LogP contribution in [-0.4, -0.2) is 59.2 Å². The molecular weight excluding hydrogens is 498 g/mol.